The van der Waals surface area contributed by atoms with Crippen molar-refractivity contribution in [3.05, 3.63) is 78.9 Å². The number of imidazole rings is 1. The van der Waals surface area contributed by atoms with E-state index in [1.807, 2.05) is 65.4 Å². The number of rotatable bonds is 7. The maximum Gasteiger partial charge on any atom is 0.222 e. The molecule has 0 spiro atoms. The largest absolute Gasteiger partial charge is 0.385 e. The first kappa shape index (κ1) is 15.8. The van der Waals surface area contributed by atoms with E-state index in [4.69, 9.17) is 0 Å². The van der Waals surface area contributed by atoms with Gasteiger partial charge in [0, 0.05) is 43.3 Å². The quantitative estimate of drug-likeness (QED) is 0.703. The van der Waals surface area contributed by atoms with Gasteiger partial charge < -0.3 is 15.2 Å². The van der Waals surface area contributed by atoms with Crippen LogP contribution in [0.15, 0.2) is 73.3 Å². The van der Waals surface area contributed by atoms with Crippen LogP contribution < -0.4 is 10.6 Å². The highest BCUT2D eigenvalue weighted by molar-refractivity contribution is 5.76. The summed E-state index contributed by atoms with van der Waals surface area (Å²) in [5, 5.41) is 6.17. The summed E-state index contributed by atoms with van der Waals surface area (Å²) in [6.07, 6.45) is 5.85. The van der Waals surface area contributed by atoms with Gasteiger partial charge in [0.25, 0.3) is 0 Å². The summed E-state index contributed by atoms with van der Waals surface area (Å²) >= 11 is 0. The molecular formula is C19H20N4O. The zero-order valence-corrected chi connectivity index (χ0v) is 13.4. The van der Waals surface area contributed by atoms with Crippen molar-refractivity contribution in [3.63, 3.8) is 0 Å². The van der Waals surface area contributed by atoms with Crippen molar-refractivity contribution in [2.24, 2.45) is 0 Å². The number of aromatic nitrogens is 2. The maximum absolute atomic E-state index is 11.9. The van der Waals surface area contributed by atoms with Gasteiger partial charge >= 0.3 is 0 Å². The predicted octanol–water partition coefficient (Wildman–Crippen LogP) is 2.99. The van der Waals surface area contributed by atoms with E-state index in [1.54, 1.807) is 12.5 Å². The molecular weight excluding hydrogens is 300 g/mol. The molecule has 5 heteroatoms. The van der Waals surface area contributed by atoms with Gasteiger partial charge in [0.1, 0.15) is 0 Å². The van der Waals surface area contributed by atoms with Gasteiger partial charge in [-0.3, -0.25) is 4.79 Å². The Morgan fingerprint density at radius 1 is 1.04 bits per heavy atom. The fourth-order valence-corrected chi connectivity index (χ4v) is 2.36. The summed E-state index contributed by atoms with van der Waals surface area (Å²) in [7, 11) is 0. The molecule has 1 heterocycles. The van der Waals surface area contributed by atoms with Crippen LogP contribution in [0.1, 0.15) is 12.0 Å². The summed E-state index contributed by atoms with van der Waals surface area (Å²) in [6.45, 7) is 1.16. The molecule has 24 heavy (non-hydrogen) atoms. The number of anilines is 1. The number of para-hydroxylation sites is 1. The standard InChI is InChI=1S/C19H20N4O/c24-19(10-11-21-17-4-2-1-3-5-17)22-14-16-6-8-18(9-7-16)23-13-12-20-15-23/h1-9,12-13,15,21H,10-11,14H2,(H,22,24). The number of carbonyl (C=O) groups excluding carboxylic acids is 1. The van der Waals surface area contributed by atoms with Gasteiger partial charge in [-0.1, -0.05) is 30.3 Å². The lowest BCUT2D eigenvalue weighted by Crippen LogP contribution is -2.24. The lowest BCUT2D eigenvalue weighted by atomic mass is 10.2. The van der Waals surface area contributed by atoms with Gasteiger partial charge in [0.05, 0.1) is 6.33 Å². The van der Waals surface area contributed by atoms with Crippen molar-refractivity contribution < 1.29 is 4.79 Å². The molecule has 1 amide bonds. The summed E-state index contributed by atoms with van der Waals surface area (Å²) in [4.78, 5) is 15.9. The number of benzene rings is 2. The van der Waals surface area contributed by atoms with Crippen LogP contribution in [0.3, 0.4) is 0 Å². The van der Waals surface area contributed by atoms with Gasteiger partial charge in [-0.15, -0.1) is 0 Å². The number of nitrogens with one attached hydrogen (secondary N) is 2. The molecule has 3 rings (SSSR count). The Morgan fingerprint density at radius 3 is 2.54 bits per heavy atom. The Hall–Kier alpha value is -3.08. The fraction of sp³-hybridized carbons (Fsp3) is 0.158. The van der Waals surface area contributed by atoms with Gasteiger partial charge in [-0.25, -0.2) is 4.98 Å². The summed E-state index contributed by atoms with van der Waals surface area (Å²) in [5.74, 6) is 0.0390. The first-order valence-corrected chi connectivity index (χ1v) is 7.94. The Labute approximate surface area is 141 Å². The first-order valence-electron chi connectivity index (χ1n) is 7.94. The minimum atomic E-state index is 0.0390. The van der Waals surface area contributed by atoms with E-state index in [0.717, 1.165) is 16.9 Å². The van der Waals surface area contributed by atoms with Crippen molar-refractivity contribution in [2.75, 3.05) is 11.9 Å². The SMILES string of the molecule is O=C(CCNc1ccccc1)NCc1ccc(-n2ccnc2)cc1. The van der Waals surface area contributed by atoms with E-state index < -0.39 is 0 Å². The molecule has 0 radical (unpaired) electrons. The lowest BCUT2D eigenvalue weighted by Gasteiger charge is -2.08. The van der Waals surface area contributed by atoms with Crippen LogP contribution in [0, 0.1) is 0 Å². The molecule has 0 saturated heterocycles. The Balaban J connectivity index is 1.41. The molecule has 0 fully saturated rings. The molecule has 3 aromatic rings. The fourth-order valence-electron chi connectivity index (χ4n) is 2.36. The van der Waals surface area contributed by atoms with Crippen molar-refractivity contribution in [1.82, 2.24) is 14.9 Å². The Morgan fingerprint density at radius 2 is 1.83 bits per heavy atom. The number of amides is 1. The molecule has 0 unspecified atom stereocenters. The third-order valence-corrected chi connectivity index (χ3v) is 3.68. The normalized spacial score (nSPS) is 10.3. The topological polar surface area (TPSA) is 59.0 Å². The number of hydrogen-bond acceptors (Lipinski definition) is 3. The zero-order valence-electron chi connectivity index (χ0n) is 13.4. The zero-order chi connectivity index (χ0) is 16.6. The van der Waals surface area contributed by atoms with Crippen LogP contribution in [0.2, 0.25) is 0 Å². The van der Waals surface area contributed by atoms with E-state index in [1.165, 1.54) is 0 Å². The van der Waals surface area contributed by atoms with E-state index in [0.29, 0.717) is 19.5 Å². The predicted molar refractivity (Wildman–Crippen MR) is 95.0 cm³/mol. The van der Waals surface area contributed by atoms with Gasteiger partial charge in [0.15, 0.2) is 0 Å². The first-order chi connectivity index (χ1) is 11.8. The third kappa shape index (κ3) is 4.46. The number of hydrogen-bond donors (Lipinski definition) is 2. The van der Waals surface area contributed by atoms with Crippen molar-refractivity contribution in [2.45, 2.75) is 13.0 Å². The van der Waals surface area contributed by atoms with Crippen molar-refractivity contribution >= 4 is 11.6 Å². The molecule has 2 N–H and O–H groups in total. The number of nitrogens with zero attached hydrogens (tertiary/aromatic N) is 2. The van der Waals surface area contributed by atoms with Crippen molar-refractivity contribution in [3.8, 4) is 5.69 Å². The van der Waals surface area contributed by atoms with Crippen molar-refractivity contribution in [1.29, 1.82) is 0 Å². The minimum absolute atomic E-state index is 0.0390. The van der Waals surface area contributed by atoms with E-state index in [2.05, 4.69) is 15.6 Å². The maximum atomic E-state index is 11.9. The molecule has 0 aliphatic carbocycles. The molecule has 0 bridgehead atoms. The molecule has 0 aliphatic heterocycles. The Kier molecular flexibility index (Phi) is 5.24. The average molecular weight is 320 g/mol. The van der Waals surface area contributed by atoms with E-state index in [9.17, 15) is 4.79 Å². The highest BCUT2D eigenvalue weighted by Gasteiger charge is 2.02. The molecule has 1 aromatic heterocycles. The van der Waals surface area contributed by atoms with E-state index >= 15 is 0 Å². The molecule has 0 saturated carbocycles. The van der Waals surface area contributed by atoms with E-state index in [-0.39, 0.29) is 5.91 Å². The summed E-state index contributed by atoms with van der Waals surface area (Å²) in [5.41, 5.74) is 3.15. The Bertz CT molecular complexity index is 752. The van der Waals surface area contributed by atoms with Crippen LogP contribution in [0.4, 0.5) is 5.69 Å². The minimum Gasteiger partial charge on any atom is -0.385 e. The molecule has 0 aliphatic rings. The highest BCUT2D eigenvalue weighted by Crippen LogP contribution is 2.09. The molecule has 0 atom stereocenters. The van der Waals surface area contributed by atoms with Gasteiger partial charge in [-0.05, 0) is 29.8 Å². The number of carbonyl (C=O) groups is 1. The summed E-state index contributed by atoms with van der Waals surface area (Å²) < 4.78 is 1.94. The monoisotopic (exact) mass is 320 g/mol. The molecule has 2 aromatic carbocycles. The molecule has 5 nitrogen and oxygen atoms in total. The second kappa shape index (κ2) is 7.97. The van der Waals surface area contributed by atoms with Gasteiger partial charge in [-0.2, -0.15) is 0 Å². The van der Waals surface area contributed by atoms with Crippen LogP contribution in [-0.2, 0) is 11.3 Å². The lowest BCUT2D eigenvalue weighted by molar-refractivity contribution is -0.121. The molecule has 122 valence electrons. The third-order valence-electron chi connectivity index (χ3n) is 3.68. The van der Waals surface area contributed by atoms with Crippen LogP contribution in [-0.4, -0.2) is 22.0 Å². The highest BCUT2D eigenvalue weighted by atomic mass is 16.1. The second-order valence-electron chi connectivity index (χ2n) is 5.46. The van der Waals surface area contributed by atoms with Crippen LogP contribution >= 0.6 is 0 Å². The smallest absolute Gasteiger partial charge is 0.222 e. The second-order valence-corrected chi connectivity index (χ2v) is 5.46. The van der Waals surface area contributed by atoms with Crippen LogP contribution in [0.5, 0.6) is 0 Å². The average Bonchev–Trinajstić information content (AvgIpc) is 3.16. The van der Waals surface area contributed by atoms with Crippen LogP contribution in [0.25, 0.3) is 5.69 Å². The van der Waals surface area contributed by atoms with Gasteiger partial charge in [0.2, 0.25) is 5.91 Å². The summed E-state index contributed by atoms with van der Waals surface area (Å²) in [6, 6.07) is 17.9.